The van der Waals surface area contributed by atoms with E-state index in [0.717, 1.165) is 24.2 Å². The Bertz CT molecular complexity index is 815. The molecule has 0 amide bonds. The van der Waals surface area contributed by atoms with E-state index >= 15 is 0 Å². The Morgan fingerprint density at radius 2 is 2.00 bits per heavy atom. The molecular formula is C17H20N2O2S. The molecule has 1 aliphatic heterocycles. The van der Waals surface area contributed by atoms with Crippen molar-refractivity contribution in [2.75, 3.05) is 4.90 Å². The maximum atomic E-state index is 11.5. The molecule has 5 heteroatoms. The van der Waals surface area contributed by atoms with Gasteiger partial charge in [0.15, 0.2) is 0 Å². The van der Waals surface area contributed by atoms with Crippen LogP contribution in [0.15, 0.2) is 47.4 Å². The fourth-order valence-electron chi connectivity index (χ4n) is 3.10. The van der Waals surface area contributed by atoms with Crippen molar-refractivity contribution in [1.82, 2.24) is 0 Å². The Balaban J connectivity index is 1.93. The second-order valence-electron chi connectivity index (χ2n) is 6.01. The topological polar surface area (TPSA) is 63.4 Å². The Kier molecular flexibility index (Phi) is 3.70. The first-order chi connectivity index (χ1) is 10.3. The molecule has 0 radical (unpaired) electrons. The molecule has 2 aromatic carbocycles. The number of primary sulfonamides is 1. The van der Waals surface area contributed by atoms with Gasteiger partial charge in [-0.1, -0.05) is 29.8 Å². The summed E-state index contributed by atoms with van der Waals surface area (Å²) in [7, 11) is -3.64. The average Bonchev–Trinajstić information content (AvgIpc) is 2.73. The zero-order valence-electron chi connectivity index (χ0n) is 12.8. The van der Waals surface area contributed by atoms with Crippen molar-refractivity contribution in [2.45, 2.75) is 37.8 Å². The number of aryl methyl sites for hydroxylation is 1. The molecule has 1 aliphatic rings. The van der Waals surface area contributed by atoms with Crippen LogP contribution >= 0.6 is 0 Å². The molecule has 0 aliphatic carbocycles. The van der Waals surface area contributed by atoms with E-state index in [1.165, 1.54) is 11.1 Å². The highest BCUT2D eigenvalue weighted by atomic mass is 32.2. The highest BCUT2D eigenvalue weighted by Gasteiger charge is 2.27. The van der Waals surface area contributed by atoms with Gasteiger partial charge in [-0.05, 0) is 49.6 Å². The van der Waals surface area contributed by atoms with Crippen molar-refractivity contribution in [1.29, 1.82) is 0 Å². The molecule has 1 atom stereocenters. The van der Waals surface area contributed by atoms with Gasteiger partial charge in [0.2, 0.25) is 10.0 Å². The Morgan fingerprint density at radius 3 is 2.68 bits per heavy atom. The quantitative estimate of drug-likeness (QED) is 0.946. The predicted octanol–water partition coefficient (Wildman–Crippen LogP) is 2.59. The van der Waals surface area contributed by atoms with E-state index in [2.05, 4.69) is 43.0 Å². The van der Waals surface area contributed by atoms with Crippen molar-refractivity contribution in [3.63, 3.8) is 0 Å². The molecule has 1 heterocycles. The minimum absolute atomic E-state index is 0.191. The van der Waals surface area contributed by atoms with Crippen LogP contribution in [0.4, 0.5) is 5.69 Å². The molecule has 0 saturated carbocycles. The lowest BCUT2D eigenvalue weighted by Crippen LogP contribution is -2.28. The normalized spacial score (nSPS) is 17.6. The Labute approximate surface area is 131 Å². The number of hydrogen-bond donors (Lipinski definition) is 1. The third-order valence-electron chi connectivity index (χ3n) is 4.17. The molecule has 0 saturated heterocycles. The predicted molar refractivity (Wildman–Crippen MR) is 88.3 cm³/mol. The van der Waals surface area contributed by atoms with Crippen LogP contribution in [-0.2, 0) is 23.0 Å². The van der Waals surface area contributed by atoms with Crippen LogP contribution in [0.1, 0.15) is 23.6 Å². The fraction of sp³-hybridized carbons (Fsp3) is 0.294. The first-order valence-corrected chi connectivity index (χ1v) is 8.87. The Morgan fingerprint density at radius 1 is 1.23 bits per heavy atom. The van der Waals surface area contributed by atoms with Gasteiger partial charge >= 0.3 is 0 Å². The lowest BCUT2D eigenvalue weighted by atomic mass is 10.1. The second-order valence-corrected chi connectivity index (χ2v) is 7.57. The van der Waals surface area contributed by atoms with Crippen LogP contribution in [0.2, 0.25) is 0 Å². The smallest absolute Gasteiger partial charge is 0.238 e. The summed E-state index contributed by atoms with van der Waals surface area (Å²) < 4.78 is 23.0. The fourth-order valence-corrected chi connectivity index (χ4v) is 3.66. The van der Waals surface area contributed by atoms with E-state index in [1.54, 1.807) is 12.1 Å². The lowest BCUT2D eigenvalue weighted by Gasteiger charge is -2.25. The van der Waals surface area contributed by atoms with Gasteiger partial charge in [-0.2, -0.15) is 0 Å². The van der Waals surface area contributed by atoms with Crippen LogP contribution in [0.25, 0.3) is 0 Å². The standard InChI is InChI=1S/C17H20N2O2S/c1-12-4-3-5-14(8-12)11-19-13(2)9-15-10-16(22(18,20)21)6-7-17(15)19/h3-8,10,13H,9,11H2,1-2H3,(H2,18,20,21). The average molecular weight is 316 g/mol. The van der Waals surface area contributed by atoms with Crippen molar-refractivity contribution in [2.24, 2.45) is 5.14 Å². The van der Waals surface area contributed by atoms with E-state index in [4.69, 9.17) is 5.14 Å². The van der Waals surface area contributed by atoms with E-state index in [9.17, 15) is 8.42 Å². The van der Waals surface area contributed by atoms with Gasteiger partial charge < -0.3 is 4.90 Å². The molecule has 1 unspecified atom stereocenters. The number of hydrogen-bond acceptors (Lipinski definition) is 3. The minimum Gasteiger partial charge on any atom is -0.364 e. The van der Waals surface area contributed by atoms with Crippen molar-refractivity contribution >= 4 is 15.7 Å². The summed E-state index contributed by atoms with van der Waals surface area (Å²) in [5, 5.41) is 5.22. The minimum atomic E-state index is -3.64. The molecule has 22 heavy (non-hydrogen) atoms. The van der Waals surface area contributed by atoms with E-state index < -0.39 is 10.0 Å². The van der Waals surface area contributed by atoms with Gasteiger partial charge in [-0.25, -0.2) is 13.6 Å². The van der Waals surface area contributed by atoms with Crippen molar-refractivity contribution < 1.29 is 8.42 Å². The van der Waals surface area contributed by atoms with E-state index in [1.807, 2.05) is 6.07 Å². The third-order valence-corrected chi connectivity index (χ3v) is 5.08. The monoisotopic (exact) mass is 316 g/mol. The van der Waals surface area contributed by atoms with Gasteiger partial charge in [0.1, 0.15) is 0 Å². The summed E-state index contributed by atoms with van der Waals surface area (Å²) in [6.45, 7) is 5.07. The first-order valence-electron chi connectivity index (χ1n) is 7.32. The highest BCUT2D eigenvalue weighted by molar-refractivity contribution is 7.89. The SMILES string of the molecule is Cc1cccc(CN2c3ccc(S(N)(=O)=O)cc3CC2C)c1. The zero-order valence-corrected chi connectivity index (χ0v) is 13.6. The zero-order chi connectivity index (χ0) is 15.9. The lowest BCUT2D eigenvalue weighted by molar-refractivity contribution is 0.597. The summed E-state index contributed by atoms with van der Waals surface area (Å²) in [5.41, 5.74) is 4.65. The molecule has 4 nitrogen and oxygen atoms in total. The van der Waals surface area contributed by atoms with E-state index in [0.29, 0.717) is 6.04 Å². The maximum Gasteiger partial charge on any atom is 0.238 e. The Hall–Kier alpha value is -1.85. The van der Waals surface area contributed by atoms with Crippen LogP contribution in [0, 0.1) is 6.92 Å². The van der Waals surface area contributed by atoms with Crippen LogP contribution < -0.4 is 10.0 Å². The van der Waals surface area contributed by atoms with Gasteiger partial charge in [0.05, 0.1) is 4.90 Å². The van der Waals surface area contributed by atoms with E-state index in [-0.39, 0.29) is 4.90 Å². The van der Waals surface area contributed by atoms with Gasteiger partial charge in [-0.3, -0.25) is 0 Å². The van der Waals surface area contributed by atoms with Crippen molar-refractivity contribution in [3.8, 4) is 0 Å². The molecule has 0 aromatic heterocycles. The van der Waals surface area contributed by atoms with Crippen molar-refractivity contribution in [3.05, 3.63) is 59.2 Å². The summed E-state index contributed by atoms with van der Waals surface area (Å²) in [4.78, 5) is 2.51. The van der Waals surface area contributed by atoms with Gasteiger partial charge in [0.25, 0.3) is 0 Å². The number of benzene rings is 2. The third kappa shape index (κ3) is 2.87. The largest absolute Gasteiger partial charge is 0.364 e. The van der Waals surface area contributed by atoms with Crippen LogP contribution in [-0.4, -0.2) is 14.5 Å². The summed E-state index contributed by atoms with van der Waals surface area (Å²) in [5.74, 6) is 0. The molecule has 3 rings (SSSR count). The summed E-state index contributed by atoms with van der Waals surface area (Å²) in [6.07, 6.45) is 0.838. The molecule has 0 spiro atoms. The number of nitrogens with two attached hydrogens (primary N) is 1. The van der Waals surface area contributed by atoms with Gasteiger partial charge in [0, 0.05) is 18.3 Å². The summed E-state index contributed by atoms with van der Waals surface area (Å²) >= 11 is 0. The first kappa shape index (κ1) is 15.1. The van der Waals surface area contributed by atoms with Gasteiger partial charge in [-0.15, -0.1) is 0 Å². The highest BCUT2D eigenvalue weighted by Crippen LogP contribution is 2.34. The molecular weight excluding hydrogens is 296 g/mol. The number of fused-ring (bicyclic) bond motifs is 1. The molecule has 2 aromatic rings. The molecule has 116 valence electrons. The maximum absolute atomic E-state index is 11.5. The van der Waals surface area contributed by atoms with Crippen LogP contribution in [0.5, 0.6) is 0 Å². The summed E-state index contributed by atoms with van der Waals surface area (Å²) in [6, 6.07) is 14.0. The van der Waals surface area contributed by atoms with Crippen LogP contribution in [0.3, 0.4) is 0 Å². The number of nitrogens with zero attached hydrogens (tertiary/aromatic N) is 1. The number of sulfonamides is 1. The molecule has 0 bridgehead atoms. The molecule has 0 fully saturated rings. The number of anilines is 1. The molecule has 2 N–H and O–H groups in total. The second kappa shape index (κ2) is 5.41. The number of rotatable bonds is 3.